The molecule has 3 aromatic rings. The maximum Gasteiger partial charge on any atom is 0.319 e. The van der Waals surface area contributed by atoms with E-state index in [9.17, 15) is 19.2 Å². The molecule has 150 valence electrons. The largest absolute Gasteiger partial charge is 0.370 e. The number of carbonyl (C=O) groups is 3. The molecule has 2 heterocycles. The molecule has 0 aliphatic carbocycles. The van der Waals surface area contributed by atoms with Crippen molar-refractivity contribution < 1.29 is 14.4 Å². The summed E-state index contributed by atoms with van der Waals surface area (Å²) in [6, 6.07) is 6.07. The van der Waals surface area contributed by atoms with Gasteiger partial charge in [0.05, 0.1) is 16.6 Å². The van der Waals surface area contributed by atoms with Crippen LogP contribution in [0.5, 0.6) is 0 Å². The predicted molar refractivity (Wildman–Crippen MR) is 110 cm³/mol. The minimum absolute atomic E-state index is 0.0374. The minimum atomic E-state index is -0.510. The van der Waals surface area contributed by atoms with E-state index in [2.05, 4.69) is 25.9 Å². The number of fused-ring (bicyclic) bond motifs is 1. The zero-order valence-electron chi connectivity index (χ0n) is 15.4. The first-order chi connectivity index (χ1) is 13.8. The topological polar surface area (TPSA) is 159 Å². The van der Waals surface area contributed by atoms with Gasteiger partial charge < -0.3 is 26.7 Å². The number of benzene rings is 1. The third kappa shape index (κ3) is 4.76. The van der Waals surface area contributed by atoms with Crippen molar-refractivity contribution in [2.75, 3.05) is 17.2 Å². The summed E-state index contributed by atoms with van der Waals surface area (Å²) in [7, 11) is 0. The van der Waals surface area contributed by atoms with Crippen molar-refractivity contribution >= 4 is 50.8 Å². The molecule has 0 saturated heterocycles. The van der Waals surface area contributed by atoms with Gasteiger partial charge >= 0.3 is 6.03 Å². The fourth-order valence-electron chi connectivity index (χ4n) is 2.63. The van der Waals surface area contributed by atoms with Crippen LogP contribution in [0.2, 0.25) is 0 Å². The number of carbonyl (C=O) groups excluding carboxylic acids is 3. The molecule has 0 unspecified atom stereocenters. The number of hydrogen-bond donors (Lipinski definition) is 5. The molecule has 29 heavy (non-hydrogen) atoms. The molecule has 4 amide bonds. The normalized spacial score (nSPS) is 10.5. The number of nitrogens with two attached hydrogens (primary N) is 1. The number of thiophene rings is 1. The summed E-state index contributed by atoms with van der Waals surface area (Å²) >= 11 is 1.13. The smallest absolute Gasteiger partial charge is 0.319 e. The lowest BCUT2D eigenvalue weighted by atomic mass is 10.2. The highest BCUT2D eigenvalue weighted by atomic mass is 32.1. The number of aromatic nitrogens is 2. The number of primary amides is 1. The molecule has 1 aromatic carbocycles. The standard InChI is InChI=1S/C18H18N6O4S/c1-9-13-15(26)21-8-22-17(13)29-14(9)16(27)23-10-3-2-4-11(7-10)24-18(28)20-6-5-12(19)25/h2-4,7-8H,5-6H2,1H3,(H2,19,25)(H,23,27)(H2,20,24,28)(H,21,22,26). The van der Waals surface area contributed by atoms with Gasteiger partial charge in [-0.1, -0.05) is 6.07 Å². The summed E-state index contributed by atoms with van der Waals surface area (Å²) in [5.41, 5.74) is 6.19. The minimum Gasteiger partial charge on any atom is -0.370 e. The molecule has 0 aliphatic heterocycles. The van der Waals surface area contributed by atoms with Gasteiger partial charge in [-0.25, -0.2) is 9.78 Å². The van der Waals surface area contributed by atoms with Gasteiger partial charge in [0.15, 0.2) is 0 Å². The molecule has 0 bridgehead atoms. The Kier molecular flexibility index (Phi) is 5.88. The molecular weight excluding hydrogens is 396 g/mol. The van der Waals surface area contributed by atoms with E-state index in [4.69, 9.17) is 5.73 Å². The van der Waals surface area contributed by atoms with Gasteiger partial charge in [0, 0.05) is 24.3 Å². The number of urea groups is 1. The predicted octanol–water partition coefficient (Wildman–Crippen LogP) is 1.54. The second-order valence-electron chi connectivity index (χ2n) is 6.10. The van der Waals surface area contributed by atoms with E-state index in [1.165, 1.54) is 6.33 Å². The van der Waals surface area contributed by atoms with Crippen molar-refractivity contribution in [3.05, 3.63) is 51.4 Å². The number of H-pyrrole nitrogens is 1. The van der Waals surface area contributed by atoms with Gasteiger partial charge in [-0.05, 0) is 30.7 Å². The first-order valence-corrected chi connectivity index (χ1v) is 9.38. The van der Waals surface area contributed by atoms with E-state index in [1.54, 1.807) is 31.2 Å². The van der Waals surface area contributed by atoms with Crippen LogP contribution in [-0.2, 0) is 4.79 Å². The van der Waals surface area contributed by atoms with Crippen LogP contribution in [-0.4, -0.2) is 34.4 Å². The first kappa shape index (κ1) is 20.0. The highest BCUT2D eigenvalue weighted by molar-refractivity contribution is 7.20. The second kappa shape index (κ2) is 8.52. The average molecular weight is 414 g/mol. The Morgan fingerprint density at radius 3 is 2.62 bits per heavy atom. The van der Waals surface area contributed by atoms with Crippen molar-refractivity contribution in [1.82, 2.24) is 15.3 Å². The Labute approximate surface area is 168 Å². The lowest BCUT2D eigenvalue weighted by molar-refractivity contribution is -0.117. The Bertz CT molecular complexity index is 1150. The van der Waals surface area contributed by atoms with Crippen LogP contribution in [0.3, 0.4) is 0 Å². The van der Waals surface area contributed by atoms with E-state index in [1.807, 2.05) is 0 Å². The maximum absolute atomic E-state index is 12.7. The quantitative estimate of drug-likeness (QED) is 0.413. The fourth-order valence-corrected chi connectivity index (χ4v) is 3.68. The number of anilines is 2. The number of hydrogen-bond acceptors (Lipinski definition) is 6. The molecule has 10 nitrogen and oxygen atoms in total. The third-order valence-corrected chi connectivity index (χ3v) is 5.17. The zero-order valence-corrected chi connectivity index (χ0v) is 16.2. The average Bonchev–Trinajstić information content (AvgIpc) is 3.00. The Hall–Kier alpha value is -3.73. The summed E-state index contributed by atoms with van der Waals surface area (Å²) in [5.74, 6) is -0.892. The number of aromatic amines is 1. The molecule has 0 radical (unpaired) electrons. The Morgan fingerprint density at radius 1 is 1.21 bits per heavy atom. The van der Waals surface area contributed by atoms with Crippen molar-refractivity contribution in [3.8, 4) is 0 Å². The first-order valence-electron chi connectivity index (χ1n) is 8.56. The summed E-state index contributed by atoms with van der Waals surface area (Å²) in [6.07, 6.45) is 1.33. The summed E-state index contributed by atoms with van der Waals surface area (Å²) in [4.78, 5) is 54.6. The van der Waals surface area contributed by atoms with E-state index in [0.29, 0.717) is 32.0 Å². The Morgan fingerprint density at radius 2 is 1.93 bits per heavy atom. The summed E-state index contributed by atoms with van der Waals surface area (Å²) in [5, 5.41) is 8.25. The SMILES string of the molecule is Cc1c(C(=O)Nc2cccc(NC(=O)NCCC(N)=O)c2)sc2nc[nH]c(=O)c12. The fraction of sp³-hybridized carbons (Fsp3) is 0.167. The third-order valence-electron chi connectivity index (χ3n) is 3.97. The highest BCUT2D eigenvalue weighted by Crippen LogP contribution is 2.27. The second-order valence-corrected chi connectivity index (χ2v) is 7.10. The molecule has 0 spiro atoms. The van der Waals surface area contributed by atoms with Crippen molar-refractivity contribution in [2.45, 2.75) is 13.3 Å². The van der Waals surface area contributed by atoms with Crippen LogP contribution in [0.15, 0.2) is 35.4 Å². The van der Waals surface area contributed by atoms with Gasteiger partial charge in [0.2, 0.25) is 5.91 Å². The monoisotopic (exact) mass is 414 g/mol. The lowest BCUT2D eigenvalue weighted by Crippen LogP contribution is -2.31. The molecular formula is C18H18N6O4S. The summed E-state index contributed by atoms with van der Waals surface area (Å²) in [6.45, 7) is 1.81. The lowest BCUT2D eigenvalue weighted by Gasteiger charge is -2.09. The summed E-state index contributed by atoms with van der Waals surface area (Å²) < 4.78 is 0. The van der Waals surface area contributed by atoms with Crippen LogP contribution >= 0.6 is 11.3 Å². The number of nitrogens with zero attached hydrogens (tertiary/aromatic N) is 1. The van der Waals surface area contributed by atoms with Crippen LogP contribution in [0.4, 0.5) is 16.2 Å². The van der Waals surface area contributed by atoms with Gasteiger partial charge in [-0.3, -0.25) is 14.4 Å². The van der Waals surface area contributed by atoms with Crippen molar-refractivity contribution in [3.63, 3.8) is 0 Å². The van der Waals surface area contributed by atoms with Crippen LogP contribution in [0, 0.1) is 6.92 Å². The number of rotatable bonds is 6. The molecule has 2 aromatic heterocycles. The van der Waals surface area contributed by atoms with Crippen molar-refractivity contribution in [2.24, 2.45) is 5.73 Å². The number of nitrogens with one attached hydrogen (secondary N) is 4. The molecule has 3 rings (SSSR count). The molecule has 0 fully saturated rings. The van der Waals surface area contributed by atoms with Gasteiger partial charge in [0.1, 0.15) is 4.83 Å². The van der Waals surface area contributed by atoms with Crippen molar-refractivity contribution in [1.29, 1.82) is 0 Å². The molecule has 0 atom stereocenters. The highest BCUT2D eigenvalue weighted by Gasteiger charge is 2.18. The number of aryl methyl sites for hydroxylation is 1. The zero-order chi connectivity index (χ0) is 21.0. The van der Waals surface area contributed by atoms with Crippen LogP contribution in [0.1, 0.15) is 21.7 Å². The molecule has 0 aliphatic rings. The maximum atomic E-state index is 12.7. The van der Waals surface area contributed by atoms with Crippen LogP contribution in [0.25, 0.3) is 10.2 Å². The van der Waals surface area contributed by atoms with E-state index in [0.717, 1.165) is 11.3 Å². The molecule has 0 saturated carbocycles. The van der Waals surface area contributed by atoms with E-state index >= 15 is 0 Å². The Balaban J connectivity index is 1.70. The number of amides is 4. The van der Waals surface area contributed by atoms with E-state index < -0.39 is 11.9 Å². The molecule has 6 N–H and O–H groups in total. The van der Waals surface area contributed by atoms with Crippen LogP contribution < -0.4 is 27.2 Å². The molecule has 11 heteroatoms. The van der Waals surface area contributed by atoms with Gasteiger partial charge in [0.25, 0.3) is 11.5 Å². The van der Waals surface area contributed by atoms with E-state index in [-0.39, 0.29) is 24.4 Å². The van der Waals surface area contributed by atoms with Gasteiger partial charge in [-0.15, -0.1) is 11.3 Å². The van der Waals surface area contributed by atoms with Gasteiger partial charge in [-0.2, -0.15) is 0 Å².